The molecule has 0 atom stereocenters. The molecule has 0 unspecified atom stereocenters. The van der Waals surface area contributed by atoms with Gasteiger partial charge in [0.15, 0.2) is 24.7 Å². The van der Waals surface area contributed by atoms with Crippen molar-refractivity contribution in [2.75, 3.05) is 25.6 Å². The van der Waals surface area contributed by atoms with Crippen molar-refractivity contribution in [1.82, 2.24) is 0 Å². The largest absolute Gasteiger partial charge is 0.493 e. The second-order valence-electron chi connectivity index (χ2n) is 5.20. The average Bonchev–Trinajstić information content (AvgIpc) is 2.60. The molecule has 7 nitrogen and oxygen atoms in total. The Hall–Kier alpha value is -3.22. The highest BCUT2D eigenvalue weighted by molar-refractivity contribution is 5.91. The number of rotatable bonds is 8. The zero-order valence-corrected chi connectivity index (χ0v) is 13.9. The van der Waals surface area contributed by atoms with Gasteiger partial charge in [-0.25, -0.2) is 4.79 Å². The van der Waals surface area contributed by atoms with Gasteiger partial charge in [0, 0.05) is 5.69 Å². The van der Waals surface area contributed by atoms with E-state index in [1.807, 2.05) is 19.1 Å². The normalized spacial score (nSPS) is 10.0. The van der Waals surface area contributed by atoms with E-state index in [2.05, 4.69) is 5.32 Å². The minimum absolute atomic E-state index is 0.170. The van der Waals surface area contributed by atoms with Crippen molar-refractivity contribution in [3.63, 3.8) is 0 Å². The van der Waals surface area contributed by atoms with Crippen molar-refractivity contribution >= 4 is 17.6 Å². The number of carbonyl (C=O) groups is 2. The summed E-state index contributed by atoms with van der Waals surface area (Å²) in [5, 5.41) is 11.2. The zero-order chi connectivity index (χ0) is 18.2. The fourth-order valence-corrected chi connectivity index (χ4v) is 2.01. The minimum Gasteiger partial charge on any atom is -0.493 e. The highest BCUT2D eigenvalue weighted by Gasteiger charge is 2.08. The van der Waals surface area contributed by atoms with Gasteiger partial charge in [-0.2, -0.15) is 0 Å². The van der Waals surface area contributed by atoms with E-state index >= 15 is 0 Å². The lowest BCUT2D eigenvalue weighted by atomic mass is 10.2. The summed E-state index contributed by atoms with van der Waals surface area (Å²) in [4.78, 5) is 22.4. The third kappa shape index (κ3) is 5.72. The van der Waals surface area contributed by atoms with Crippen molar-refractivity contribution in [2.45, 2.75) is 6.92 Å². The molecule has 25 heavy (non-hydrogen) atoms. The van der Waals surface area contributed by atoms with Crippen LogP contribution >= 0.6 is 0 Å². The standard InChI is InChI=1S/C18H19NO6/c1-12-3-8-15(16(9-12)23-2)25-10-17(20)19-13-4-6-14(7-5-13)24-11-18(21)22/h3-9H,10-11H2,1-2H3,(H,19,20)(H,21,22). The summed E-state index contributed by atoms with van der Waals surface area (Å²) in [7, 11) is 1.54. The number of nitrogens with one attached hydrogen (secondary N) is 1. The number of aliphatic carboxylic acids is 1. The number of hydrogen-bond donors (Lipinski definition) is 2. The Morgan fingerprint density at radius 1 is 1.00 bits per heavy atom. The number of benzene rings is 2. The van der Waals surface area contributed by atoms with Gasteiger partial charge in [-0.15, -0.1) is 0 Å². The van der Waals surface area contributed by atoms with Crippen molar-refractivity contribution in [2.24, 2.45) is 0 Å². The Morgan fingerprint density at radius 3 is 2.36 bits per heavy atom. The quantitative estimate of drug-likeness (QED) is 0.763. The Bertz CT molecular complexity index is 742. The molecule has 2 aromatic carbocycles. The summed E-state index contributed by atoms with van der Waals surface area (Å²) in [6.07, 6.45) is 0. The summed E-state index contributed by atoms with van der Waals surface area (Å²) >= 11 is 0. The first-order valence-corrected chi connectivity index (χ1v) is 7.50. The van der Waals surface area contributed by atoms with Crippen LogP contribution in [0.2, 0.25) is 0 Å². The number of hydrogen-bond acceptors (Lipinski definition) is 5. The summed E-state index contributed by atoms with van der Waals surface area (Å²) in [6, 6.07) is 11.8. The molecule has 0 aromatic heterocycles. The van der Waals surface area contributed by atoms with Crippen molar-refractivity contribution in [3.05, 3.63) is 48.0 Å². The lowest BCUT2D eigenvalue weighted by Gasteiger charge is -2.11. The van der Waals surface area contributed by atoms with Gasteiger partial charge in [0.1, 0.15) is 5.75 Å². The Balaban J connectivity index is 1.87. The van der Waals surface area contributed by atoms with E-state index in [-0.39, 0.29) is 12.5 Å². The highest BCUT2D eigenvalue weighted by Crippen LogP contribution is 2.27. The maximum atomic E-state index is 12.0. The number of aryl methyl sites for hydroxylation is 1. The summed E-state index contributed by atoms with van der Waals surface area (Å²) < 4.78 is 15.7. The number of ether oxygens (including phenoxy) is 3. The van der Waals surface area contributed by atoms with E-state index in [4.69, 9.17) is 19.3 Å². The molecule has 7 heteroatoms. The van der Waals surface area contributed by atoms with Crippen LogP contribution in [0.4, 0.5) is 5.69 Å². The summed E-state index contributed by atoms with van der Waals surface area (Å²) in [5.41, 5.74) is 1.58. The molecule has 0 radical (unpaired) electrons. The monoisotopic (exact) mass is 345 g/mol. The van der Waals surface area contributed by atoms with Crippen LogP contribution in [0.3, 0.4) is 0 Å². The Kier molecular flexibility index (Phi) is 6.22. The van der Waals surface area contributed by atoms with Gasteiger partial charge in [0.05, 0.1) is 7.11 Å². The van der Waals surface area contributed by atoms with Gasteiger partial charge < -0.3 is 24.6 Å². The SMILES string of the molecule is COc1cc(C)ccc1OCC(=O)Nc1ccc(OCC(=O)O)cc1. The second-order valence-corrected chi connectivity index (χ2v) is 5.20. The van der Waals surface area contributed by atoms with Crippen LogP contribution in [0.1, 0.15) is 5.56 Å². The molecule has 0 bridgehead atoms. The molecule has 0 spiro atoms. The molecule has 2 rings (SSSR count). The number of anilines is 1. The highest BCUT2D eigenvalue weighted by atomic mass is 16.5. The molecular weight excluding hydrogens is 326 g/mol. The lowest BCUT2D eigenvalue weighted by Crippen LogP contribution is -2.20. The average molecular weight is 345 g/mol. The molecule has 0 aliphatic heterocycles. The van der Waals surface area contributed by atoms with Gasteiger partial charge in [0.25, 0.3) is 5.91 Å². The van der Waals surface area contributed by atoms with Crippen molar-refractivity contribution in [1.29, 1.82) is 0 Å². The lowest BCUT2D eigenvalue weighted by molar-refractivity contribution is -0.139. The first kappa shape index (κ1) is 18.1. The smallest absolute Gasteiger partial charge is 0.341 e. The van der Waals surface area contributed by atoms with E-state index in [1.54, 1.807) is 30.3 Å². The fraction of sp³-hybridized carbons (Fsp3) is 0.222. The molecule has 2 aromatic rings. The van der Waals surface area contributed by atoms with Crippen LogP contribution < -0.4 is 19.5 Å². The Labute approximate surface area is 145 Å². The van der Waals surface area contributed by atoms with Crippen molar-refractivity contribution in [3.8, 4) is 17.2 Å². The van der Waals surface area contributed by atoms with Gasteiger partial charge in [0.2, 0.25) is 0 Å². The van der Waals surface area contributed by atoms with E-state index in [9.17, 15) is 9.59 Å². The van der Waals surface area contributed by atoms with Crippen LogP contribution in [0.15, 0.2) is 42.5 Å². The maximum Gasteiger partial charge on any atom is 0.341 e. The number of carbonyl (C=O) groups excluding carboxylic acids is 1. The summed E-state index contributed by atoms with van der Waals surface area (Å²) in [6.45, 7) is 1.34. The first-order valence-electron chi connectivity index (χ1n) is 7.50. The molecular formula is C18H19NO6. The van der Waals surface area contributed by atoms with Crippen molar-refractivity contribution < 1.29 is 28.9 Å². The van der Waals surface area contributed by atoms with Crippen LogP contribution in [0, 0.1) is 6.92 Å². The molecule has 0 saturated carbocycles. The minimum atomic E-state index is -1.05. The van der Waals surface area contributed by atoms with E-state index in [0.29, 0.717) is 22.9 Å². The number of methoxy groups -OCH3 is 1. The fourth-order valence-electron chi connectivity index (χ4n) is 2.01. The molecule has 0 heterocycles. The molecule has 0 fully saturated rings. The zero-order valence-electron chi connectivity index (χ0n) is 13.9. The molecule has 0 saturated heterocycles. The molecule has 1 amide bonds. The van der Waals surface area contributed by atoms with E-state index < -0.39 is 12.6 Å². The number of amides is 1. The van der Waals surface area contributed by atoms with Gasteiger partial charge in [-0.05, 0) is 48.9 Å². The third-order valence-electron chi connectivity index (χ3n) is 3.18. The maximum absolute atomic E-state index is 12.0. The predicted molar refractivity (Wildman–Crippen MR) is 91.4 cm³/mol. The van der Waals surface area contributed by atoms with Gasteiger partial charge >= 0.3 is 5.97 Å². The second kappa shape index (κ2) is 8.58. The molecule has 2 N–H and O–H groups in total. The molecule has 0 aliphatic carbocycles. The van der Waals surface area contributed by atoms with E-state index in [0.717, 1.165) is 5.56 Å². The van der Waals surface area contributed by atoms with Crippen LogP contribution in [0.5, 0.6) is 17.2 Å². The number of carboxylic acids is 1. The topological polar surface area (TPSA) is 94.1 Å². The van der Waals surface area contributed by atoms with Crippen LogP contribution in [0.25, 0.3) is 0 Å². The van der Waals surface area contributed by atoms with Crippen LogP contribution in [-0.4, -0.2) is 37.3 Å². The Morgan fingerprint density at radius 2 is 1.72 bits per heavy atom. The van der Waals surface area contributed by atoms with Gasteiger partial charge in [-0.1, -0.05) is 6.07 Å². The summed E-state index contributed by atoms with van der Waals surface area (Å²) in [5.74, 6) is 0.0670. The number of carboxylic acid groups (broad SMARTS) is 1. The third-order valence-corrected chi connectivity index (χ3v) is 3.18. The first-order chi connectivity index (χ1) is 12.0. The van der Waals surface area contributed by atoms with Crippen LogP contribution in [-0.2, 0) is 9.59 Å². The van der Waals surface area contributed by atoms with E-state index in [1.165, 1.54) is 7.11 Å². The molecule has 132 valence electrons. The predicted octanol–water partition coefficient (Wildman–Crippen LogP) is 2.48. The molecule has 0 aliphatic rings. The van der Waals surface area contributed by atoms with Gasteiger partial charge in [-0.3, -0.25) is 4.79 Å².